The number of carbonyl (C=O) groups is 1. The van der Waals surface area contributed by atoms with Gasteiger partial charge in [0.2, 0.25) is 5.91 Å². The van der Waals surface area contributed by atoms with E-state index >= 15 is 0 Å². The molecular weight excluding hydrogens is 398 g/mol. The van der Waals surface area contributed by atoms with E-state index in [1.165, 1.54) is 12.8 Å². The van der Waals surface area contributed by atoms with Crippen LogP contribution in [0.4, 0.5) is 5.82 Å². The Hall–Kier alpha value is -2.60. The molecule has 1 aromatic carbocycles. The van der Waals surface area contributed by atoms with E-state index in [2.05, 4.69) is 15.2 Å². The third kappa shape index (κ3) is 3.76. The van der Waals surface area contributed by atoms with E-state index in [0.717, 1.165) is 54.8 Å². The van der Waals surface area contributed by atoms with E-state index in [1.54, 1.807) is 6.20 Å². The number of nitrogens with zero attached hydrogens (tertiary/aromatic N) is 4. The van der Waals surface area contributed by atoms with Crippen LogP contribution in [0.1, 0.15) is 38.5 Å². The minimum atomic E-state index is 0.00682. The fourth-order valence-corrected chi connectivity index (χ4v) is 4.96. The molecule has 0 spiro atoms. The first-order chi connectivity index (χ1) is 14.7. The molecular formula is C23H26ClN5O. The van der Waals surface area contributed by atoms with Crippen molar-refractivity contribution in [2.24, 2.45) is 5.92 Å². The van der Waals surface area contributed by atoms with E-state index in [-0.39, 0.29) is 11.8 Å². The van der Waals surface area contributed by atoms with Gasteiger partial charge in [0.05, 0.1) is 16.6 Å². The monoisotopic (exact) mass is 423 g/mol. The van der Waals surface area contributed by atoms with Gasteiger partial charge < -0.3 is 10.2 Å². The van der Waals surface area contributed by atoms with Crippen molar-refractivity contribution in [3.63, 3.8) is 0 Å². The largest absolute Gasteiger partial charge is 0.354 e. The second-order valence-electron chi connectivity index (χ2n) is 8.37. The van der Waals surface area contributed by atoms with Gasteiger partial charge in [-0.25, -0.2) is 9.50 Å². The summed E-state index contributed by atoms with van der Waals surface area (Å²) in [5.41, 5.74) is 2.66. The smallest absolute Gasteiger partial charge is 0.225 e. The van der Waals surface area contributed by atoms with Crippen LogP contribution in [0.15, 0.2) is 42.7 Å². The van der Waals surface area contributed by atoms with Crippen molar-refractivity contribution >= 4 is 28.8 Å². The Morgan fingerprint density at radius 1 is 1.13 bits per heavy atom. The standard InChI is InChI=1S/C23H26ClN5O/c24-19-10-4-3-9-18(19)20-14-21-22(25-11-13-29(21)27-20)28-12-5-6-16(15-28)23(30)26-17-7-1-2-8-17/h3-4,9-11,13-14,16-17H,1-2,5-8,12,15H2,(H,26,30)/t16-/m0/s1. The SMILES string of the molecule is O=C(NC1CCCC1)[C@H]1CCCN(c2nccn3nc(-c4ccccc4Cl)cc23)C1. The van der Waals surface area contributed by atoms with E-state index in [4.69, 9.17) is 16.7 Å². The van der Waals surface area contributed by atoms with Crippen LogP contribution in [-0.2, 0) is 4.79 Å². The number of benzene rings is 1. The van der Waals surface area contributed by atoms with Gasteiger partial charge in [0.25, 0.3) is 0 Å². The highest BCUT2D eigenvalue weighted by molar-refractivity contribution is 6.33. The summed E-state index contributed by atoms with van der Waals surface area (Å²) in [6.45, 7) is 1.59. The number of piperidine rings is 1. The lowest BCUT2D eigenvalue weighted by Crippen LogP contribution is -2.45. The van der Waals surface area contributed by atoms with Crippen molar-refractivity contribution in [1.82, 2.24) is 19.9 Å². The number of nitrogens with one attached hydrogen (secondary N) is 1. The van der Waals surface area contributed by atoms with Crippen molar-refractivity contribution in [1.29, 1.82) is 0 Å². The molecule has 30 heavy (non-hydrogen) atoms. The maximum absolute atomic E-state index is 12.8. The molecule has 2 fully saturated rings. The number of amides is 1. The highest BCUT2D eigenvalue weighted by Crippen LogP contribution is 2.31. The summed E-state index contributed by atoms with van der Waals surface area (Å²) in [5.74, 6) is 1.08. The fourth-order valence-electron chi connectivity index (χ4n) is 4.73. The van der Waals surface area contributed by atoms with Gasteiger partial charge in [-0.05, 0) is 37.8 Å². The average Bonchev–Trinajstić information content (AvgIpc) is 3.43. The van der Waals surface area contributed by atoms with Gasteiger partial charge in [0, 0.05) is 37.1 Å². The maximum Gasteiger partial charge on any atom is 0.225 e. The Bertz CT molecular complexity index is 1060. The van der Waals surface area contributed by atoms with Crippen LogP contribution in [0.25, 0.3) is 16.8 Å². The number of hydrogen-bond acceptors (Lipinski definition) is 4. The second kappa shape index (κ2) is 8.26. The number of carbonyl (C=O) groups excluding carboxylic acids is 1. The molecule has 3 heterocycles. The Balaban J connectivity index is 1.40. The number of anilines is 1. The topological polar surface area (TPSA) is 62.5 Å². The van der Waals surface area contributed by atoms with Gasteiger partial charge in [-0.15, -0.1) is 0 Å². The van der Waals surface area contributed by atoms with E-state index in [0.29, 0.717) is 17.6 Å². The summed E-state index contributed by atoms with van der Waals surface area (Å²) < 4.78 is 1.85. The van der Waals surface area contributed by atoms with Crippen molar-refractivity contribution in [2.75, 3.05) is 18.0 Å². The first kappa shape index (κ1) is 19.4. The molecule has 3 aromatic rings. The normalized spacial score (nSPS) is 20.0. The molecule has 156 valence electrons. The summed E-state index contributed by atoms with van der Waals surface area (Å²) in [6.07, 6.45) is 10.2. The molecule has 0 radical (unpaired) electrons. The fraction of sp³-hybridized carbons (Fsp3) is 0.435. The maximum atomic E-state index is 12.8. The van der Waals surface area contributed by atoms with Crippen LogP contribution in [-0.4, -0.2) is 39.6 Å². The highest BCUT2D eigenvalue weighted by atomic mass is 35.5. The molecule has 1 aliphatic carbocycles. The molecule has 6 nitrogen and oxygen atoms in total. The minimum Gasteiger partial charge on any atom is -0.354 e. The minimum absolute atomic E-state index is 0.00682. The van der Waals surface area contributed by atoms with E-state index in [1.807, 2.05) is 41.0 Å². The van der Waals surface area contributed by atoms with Gasteiger partial charge in [-0.2, -0.15) is 5.10 Å². The summed E-state index contributed by atoms with van der Waals surface area (Å²) in [4.78, 5) is 19.7. The van der Waals surface area contributed by atoms with Gasteiger partial charge in [-0.1, -0.05) is 42.6 Å². The average molecular weight is 424 g/mol. The van der Waals surface area contributed by atoms with Crippen LogP contribution in [0, 0.1) is 5.92 Å². The molecule has 1 atom stereocenters. The summed E-state index contributed by atoms with van der Waals surface area (Å²) in [7, 11) is 0. The quantitative estimate of drug-likeness (QED) is 0.678. The second-order valence-corrected chi connectivity index (χ2v) is 8.77. The summed E-state index contributed by atoms with van der Waals surface area (Å²) >= 11 is 6.38. The predicted octanol–water partition coefficient (Wildman–Crippen LogP) is 4.32. The summed E-state index contributed by atoms with van der Waals surface area (Å²) in [6, 6.07) is 10.1. The van der Waals surface area contributed by atoms with Crippen molar-refractivity contribution in [3.8, 4) is 11.3 Å². The molecule has 1 N–H and O–H groups in total. The molecule has 1 saturated carbocycles. The number of aromatic nitrogens is 3. The number of rotatable bonds is 4. The first-order valence-corrected chi connectivity index (χ1v) is 11.2. The molecule has 0 unspecified atom stereocenters. The van der Waals surface area contributed by atoms with Crippen molar-refractivity contribution in [3.05, 3.63) is 47.7 Å². The Kier molecular flexibility index (Phi) is 5.34. The first-order valence-electron chi connectivity index (χ1n) is 10.8. The summed E-state index contributed by atoms with van der Waals surface area (Å²) in [5, 5.41) is 8.66. The van der Waals surface area contributed by atoms with Crippen molar-refractivity contribution < 1.29 is 4.79 Å². The zero-order chi connectivity index (χ0) is 20.5. The molecule has 1 saturated heterocycles. The highest BCUT2D eigenvalue weighted by Gasteiger charge is 2.29. The van der Waals surface area contributed by atoms with Crippen LogP contribution in [0.2, 0.25) is 5.02 Å². The lowest BCUT2D eigenvalue weighted by Gasteiger charge is -2.33. The van der Waals surface area contributed by atoms with Crippen LogP contribution in [0.3, 0.4) is 0 Å². The van der Waals surface area contributed by atoms with Gasteiger partial charge in [0.1, 0.15) is 5.52 Å². The van der Waals surface area contributed by atoms with Gasteiger partial charge in [0.15, 0.2) is 5.82 Å². The number of fused-ring (bicyclic) bond motifs is 1. The molecule has 5 rings (SSSR count). The molecule has 1 aliphatic heterocycles. The Labute approximate surface area is 181 Å². The lowest BCUT2D eigenvalue weighted by atomic mass is 9.96. The van der Waals surface area contributed by atoms with Crippen LogP contribution < -0.4 is 10.2 Å². The zero-order valence-corrected chi connectivity index (χ0v) is 17.7. The molecule has 2 aromatic heterocycles. The third-order valence-corrected chi connectivity index (χ3v) is 6.64. The zero-order valence-electron chi connectivity index (χ0n) is 16.9. The third-order valence-electron chi connectivity index (χ3n) is 6.31. The van der Waals surface area contributed by atoms with Crippen LogP contribution in [0.5, 0.6) is 0 Å². The van der Waals surface area contributed by atoms with E-state index in [9.17, 15) is 4.79 Å². The Morgan fingerprint density at radius 2 is 1.97 bits per heavy atom. The van der Waals surface area contributed by atoms with Crippen LogP contribution >= 0.6 is 11.6 Å². The molecule has 7 heteroatoms. The molecule has 2 aliphatic rings. The number of halogens is 1. The van der Waals surface area contributed by atoms with Gasteiger partial charge in [-0.3, -0.25) is 4.79 Å². The molecule has 1 amide bonds. The predicted molar refractivity (Wildman–Crippen MR) is 119 cm³/mol. The molecule has 0 bridgehead atoms. The van der Waals surface area contributed by atoms with Crippen molar-refractivity contribution in [2.45, 2.75) is 44.6 Å². The Morgan fingerprint density at radius 3 is 2.80 bits per heavy atom. The number of hydrogen-bond donors (Lipinski definition) is 1. The van der Waals surface area contributed by atoms with Gasteiger partial charge >= 0.3 is 0 Å². The lowest BCUT2D eigenvalue weighted by molar-refractivity contribution is -0.125. The van der Waals surface area contributed by atoms with E-state index < -0.39 is 0 Å².